The quantitative estimate of drug-likeness (QED) is 0.738. The van der Waals surface area contributed by atoms with Gasteiger partial charge in [0.05, 0.1) is 5.75 Å². The lowest BCUT2D eigenvalue weighted by Crippen LogP contribution is -2.32. The molecular formula is C12H22N4O2S. The first-order valence-electron chi connectivity index (χ1n) is 6.55. The SMILES string of the molecule is CCC(CC)N(C)c1nnc(SCC(=O)O)n1CC. The lowest BCUT2D eigenvalue weighted by atomic mass is 10.1. The van der Waals surface area contributed by atoms with Crippen molar-refractivity contribution < 1.29 is 9.90 Å². The molecule has 0 unspecified atom stereocenters. The molecule has 1 rings (SSSR count). The van der Waals surface area contributed by atoms with Crippen molar-refractivity contribution in [2.75, 3.05) is 17.7 Å². The molecule has 0 aliphatic rings. The number of carboxylic acids is 1. The van der Waals surface area contributed by atoms with Gasteiger partial charge >= 0.3 is 5.97 Å². The van der Waals surface area contributed by atoms with E-state index in [2.05, 4.69) is 28.9 Å². The maximum Gasteiger partial charge on any atom is 0.313 e. The minimum Gasteiger partial charge on any atom is -0.481 e. The fourth-order valence-corrected chi connectivity index (χ4v) is 2.77. The zero-order chi connectivity index (χ0) is 14.4. The molecule has 0 saturated carbocycles. The van der Waals surface area contributed by atoms with E-state index in [1.54, 1.807) is 0 Å². The third-order valence-corrected chi connectivity index (χ3v) is 4.10. The van der Waals surface area contributed by atoms with Crippen molar-refractivity contribution in [1.82, 2.24) is 14.8 Å². The molecule has 0 saturated heterocycles. The van der Waals surface area contributed by atoms with Crippen LogP contribution < -0.4 is 4.90 Å². The summed E-state index contributed by atoms with van der Waals surface area (Å²) in [4.78, 5) is 12.8. The number of rotatable bonds is 8. The van der Waals surface area contributed by atoms with E-state index < -0.39 is 5.97 Å². The molecule has 1 heterocycles. The summed E-state index contributed by atoms with van der Waals surface area (Å²) >= 11 is 1.21. The largest absolute Gasteiger partial charge is 0.481 e. The van der Waals surface area contributed by atoms with Crippen LogP contribution in [0.15, 0.2) is 5.16 Å². The van der Waals surface area contributed by atoms with E-state index in [0.717, 1.165) is 25.3 Å². The topological polar surface area (TPSA) is 71.2 Å². The number of aromatic nitrogens is 3. The molecule has 0 radical (unpaired) electrons. The van der Waals surface area contributed by atoms with Crippen molar-refractivity contribution in [2.45, 2.75) is 51.4 Å². The molecule has 0 aliphatic carbocycles. The highest BCUT2D eigenvalue weighted by Crippen LogP contribution is 2.23. The second-order valence-electron chi connectivity index (χ2n) is 4.29. The van der Waals surface area contributed by atoms with E-state index in [-0.39, 0.29) is 5.75 Å². The molecule has 19 heavy (non-hydrogen) atoms. The van der Waals surface area contributed by atoms with Crippen molar-refractivity contribution in [2.24, 2.45) is 0 Å². The highest BCUT2D eigenvalue weighted by atomic mass is 32.2. The number of thioether (sulfide) groups is 1. The lowest BCUT2D eigenvalue weighted by molar-refractivity contribution is -0.133. The van der Waals surface area contributed by atoms with Crippen LogP contribution in [0.2, 0.25) is 0 Å². The number of hydrogen-bond donors (Lipinski definition) is 1. The number of carbonyl (C=O) groups is 1. The summed E-state index contributed by atoms with van der Waals surface area (Å²) in [6.07, 6.45) is 2.09. The van der Waals surface area contributed by atoms with Gasteiger partial charge in [-0.3, -0.25) is 9.36 Å². The predicted octanol–water partition coefficient (Wildman–Crippen LogP) is 2.10. The molecule has 1 aromatic heterocycles. The van der Waals surface area contributed by atoms with E-state index in [9.17, 15) is 4.79 Å². The average Bonchev–Trinajstić information content (AvgIpc) is 2.80. The van der Waals surface area contributed by atoms with Crippen molar-refractivity contribution in [1.29, 1.82) is 0 Å². The Morgan fingerprint density at radius 2 is 2.00 bits per heavy atom. The average molecular weight is 286 g/mol. The summed E-state index contributed by atoms with van der Waals surface area (Å²) in [5, 5.41) is 17.7. The van der Waals surface area contributed by atoms with E-state index in [1.807, 2.05) is 18.5 Å². The molecule has 0 atom stereocenters. The van der Waals surface area contributed by atoms with Crippen LogP contribution in [0.3, 0.4) is 0 Å². The maximum absolute atomic E-state index is 10.6. The van der Waals surface area contributed by atoms with Gasteiger partial charge in [-0.05, 0) is 19.8 Å². The Morgan fingerprint density at radius 3 is 2.47 bits per heavy atom. The molecule has 1 N–H and O–H groups in total. The van der Waals surface area contributed by atoms with Gasteiger partial charge in [-0.2, -0.15) is 0 Å². The fourth-order valence-electron chi connectivity index (χ4n) is 2.05. The zero-order valence-corrected chi connectivity index (χ0v) is 12.8. The van der Waals surface area contributed by atoms with Gasteiger partial charge in [-0.25, -0.2) is 0 Å². The Hall–Kier alpha value is -1.24. The Morgan fingerprint density at radius 1 is 1.37 bits per heavy atom. The molecule has 0 amide bonds. The summed E-state index contributed by atoms with van der Waals surface area (Å²) in [7, 11) is 2.01. The minimum atomic E-state index is -0.842. The molecule has 0 spiro atoms. The first-order chi connectivity index (χ1) is 9.04. The van der Waals surface area contributed by atoms with Crippen molar-refractivity contribution in [3.8, 4) is 0 Å². The van der Waals surface area contributed by atoms with Gasteiger partial charge in [0, 0.05) is 19.6 Å². The van der Waals surface area contributed by atoms with Crippen LogP contribution in [0.25, 0.3) is 0 Å². The van der Waals surface area contributed by atoms with Gasteiger partial charge in [0.25, 0.3) is 0 Å². The Kier molecular flexibility index (Phi) is 6.14. The number of nitrogens with zero attached hydrogens (tertiary/aromatic N) is 4. The van der Waals surface area contributed by atoms with Crippen LogP contribution in [0.4, 0.5) is 5.95 Å². The van der Waals surface area contributed by atoms with Crippen LogP contribution >= 0.6 is 11.8 Å². The molecule has 0 fully saturated rings. The first kappa shape index (κ1) is 15.8. The fraction of sp³-hybridized carbons (Fsp3) is 0.750. The van der Waals surface area contributed by atoms with E-state index >= 15 is 0 Å². The molecule has 0 bridgehead atoms. The third kappa shape index (κ3) is 3.86. The summed E-state index contributed by atoms with van der Waals surface area (Å²) in [6.45, 7) is 7.04. The summed E-state index contributed by atoms with van der Waals surface area (Å²) in [6, 6.07) is 0.423. The van der Waals surface area contributed by atoms with Gasteiger partial charge in [0.2, 0.25) is 5.95 Å². The van der Waals surface area contributed by atoms with Gasteiger partial charge in [0.1, 0.15) is 0 Å². The molecular weight excluding hydrogens is 264 g/mol. The highest BCUT2D eigenvalue weighted by molar-refractivity contribution is 7.99. The van der Waals surface area contributed by atoms with E-state index in [1.165, 1.54) is 11.8 Å². The normalized spacial score (nSPS) is 11.0. The number of carboxylic acid groups (broad SMARTS) is 1. The van der Waals surface area contributed by atoms with Crippen LogP contribution in [0, 0.1) is 0 Å². The van der Waals surface area contributed by atoms with Crippen molar-refractivity contribution >= 4 is 23.7 Å². The molecule has 7 heteroatoms. The summed E-state index contributed by atoms with van der Waals surface area (Å²) in [5.41, 5.74) is 0. The predicted molar refractivity (Wildman–Crippen MR) is 76.8 cm³/mol. The second kappa shape index (κ2) is 7.37. The van der Waals surface area contributed by atoms with Gasteiger partial charge in [-0.1, -0.05) is 25.6 Å². The highest BCUT2D eigenvalue weighted by Gasteiger charge is 2.19. The van der Waals surface area contributed by atoms with Crippen molar-refractivity contribution in [3.05, 3.63) is 0 Å². The first-order valence-corrected chi connectivity index (χ1v) is 7.54. The van der Waals surface area contributed by atoms with Gasteiger partial charge in [0.15, 0.2) is 5.16 Å². The maximum atomic E-state index is 10.6. The van der Waals surface area contributed by atoms with Gasteiger partial charge in [-0.15, -0.1) is 10.2 Å². The minimum absolute atomic E-state index is 0.00678. The molecule has 6 nitrogen and oxygen atoms in total. The second-order valence-corrected chi connectivity index (χ2v) is 5.23. The summed E-state index contributed by atoms with van der Waals surface area (Å²) < 4.78 is 1.96. The number of anilines is 1. The Labute approximate surface area is 118 Å². The van der Waals surface area contributed by atoms with E-state index in [0.29, 0.717) is 11.2 Å². The Bertz CT molecular complexity index is 418. The van der Waals surface area contributed by atoms with Crippen LogP contribution in [-0.2, 0) is 11.3 Å². The van der Waals surface area contributed by atoms with Crippen molar-refractivity contribution in [3.63, 3.8) is 0 Å². The molecule has 0 aliphatic heterocycles. The number of aliphatic carboxylic acids is 1. The van der Waals surface area contributed by atoms with Gasteiger partial charge < -0.3 is 10.0 Å². The summed E-state index contributed by atoms with van der Waals surface area (Å²) in [5.74, 6) is -0.0260. The monoisotopic (exact) mass is 286 g/mol. The molecule has 0 aromatic carbocycles. The zero-order valence-electron chi connectivity index (χ0n) is 12.0. The van der Waals surface area contributed by atoms with Crippen LogP contribution in [0.1, 0.15) is 33.6 Å². The Balaban J connectivity index is 2.92. The smallest absolute Gasteiger partial charge is 0.313 e. The van der Waals surface area contributed by atoms with Crippen LogP contribution in [0.5, 0.6) is 0 Å². The lowest BCUT2D eigenvalue weighted by Gasteiger charge is -2.27. The third-order valence-electron chi connectivity index (χ3n) is 3.14. The standard InChI is InChI=1S/C12H22N4O2S/c1-5-9(6-2)15(4)11-13-14-12(16(11)7-3)19-8-10(17)18/h9H,5-8H2,1-4H3,(H,17,18). The molecule has 1 aromatic rings. The molecule has 108 valence electrons. The van der Waals surface area contributed by atoms with E-state index in [4.69, 9.17) is 5.11 Å². The number of hydrogen-bond acceptors (Lipinski definition) is 5. The van der Waals surface area contributed by atoms with Crippen LogP contribution in [-0.4, -0.2) is 44.7 Å².